The van der Waals surface area contributed by atoms with Gasteiger partial charge in [-0.3, -0.25) is 0 Å². The number of aromatic nitrogens is 2. The Morgan fingerprint density at radius 2 is 2.10 bits per heavy atom. The molecule has 21 heavy (non-hydrogen) atoms. The second-order valence-corrected chi connectivity index (χ2v) is 7.53. The van der Waals surface area contributed by atoms with Gasteiger partial charge in [0.15, 0.2) is 0 Å². The van der Waals surface area contributed by atoms with E-state index in [1.54, 1.807) is 30.5 Å². The summed E-state index contributed by atoms with van der Waals surface area (Å²) in [6, 6.07) is 5.29. The number of nitrogens with one attached hydrogen (secondary N) is 1. The van der Waals surface area contributed by atoms with Crippen LogP contribution in [-0.4, -0.2) is 34.9 Å². The normalized spacial score (nSPS) is 13.0. The van der Waals surface area contributed by atoms with E-state index < -0.39 is 15.6 Å². The number of imidazole rings is 1. The van der Waals surface area contributed by atoms with Crippen LogP contribution >= 0.6 is 0 Å². The summed E-state index contributed by atoms with van der Waals surface area (Å²) in [6.45, 7) is 3.66. The van der Waals surface area contributed by atoms with Crippen molar-refractivity contribution in [3.63, 3.8) is 0 Å². The molecule has 0 amide bonds. The molecule has 0 radical (unpaired) electrons. The van der Waals surface area contributed by atoms with Gasteiger partial charge in [-0.15, -0.1) is 0 Å². The van der Waals surface area contributed by atoms with Crippen LogP contribution in [0.15, 0.2) is 18.2 Å². The molecule has 1 aromatic carbocycles. The number of hydrogen-bond acceptors (Lipinski definition) is 5. The van der Waals surface area contributed by atoms with Crippen LogP contribution in [0.3, 0.4) is 0 Å². The molecule has 0 spiro atoms. The summed E-state index contributed by atoms with van der Waals surface area (Å²) in [5, 5.41) is 9.46. The van der Waals surface area contributed by atoms with Gasteiger partial charge in [0.2, 0.25) is 10.0 Å². The van der Waals surface area contributed by atoms with Crippen molar-refractivity contribution in [3.05, 3.63) is 24.0 Å². The number of sulfonamides is 1. The van der Waals surface area contributed by atoms with Crippen molar-refractivity contribution in [3.8, 4) is 0 Å². The minimum absolute atomic E-state index is 0.233. The molecule has 0 aliphatic heterocycles. The minimum atomic E-state index is -3.33. The predicted octanol–water partition coefficient (Wildman–Crippen LogP) is 0.439. The van der Waals surface area contributed by atoms with E-state index in [0.29, 0.717) is 23.6 Å². The zero-order valence-electron chi connectivity index (χ0n) is 12.3. The van der Waals surface area contributed by atoms with Crippen LogP contribution in [0.4, 0.5) is 5.69 Å². The lowest BCUT2D eigenvalue weighted by atomic mass is 10.1. The molecule has 8 heteroatoms. The van der Waals surface area contributed by atoms with Gasteiger partial charge >= 0.3 is 0 Å². The molecule has 1 heterocycles. The third kappa shape index (κ3) is 3.72. The standard InChI is InChI=1S/C13H20N4O3S/c1-13(2,16-21(3,19)20)8-17-11-5-4-9(14)6-10(11)15-12(17)7-18/h4-6,16,18H,7-8,14H2,1-3H3. The molecule has 0 saturated carbocycles. The van der Waals surface area contributed by atoms with Gasteiger partial charge < -0.3 is 15.4 Å². The van der Waals surface area contributed by atoms with Crippen LogP contribution in [-0.2, 0) is 23.2 Å². The van der Waals surface area contributed by atoms with E-state index in [1.165, 1.54) is 0 Å². The number of aliphatic hydroxyl groups excluding tert-OH is 1. The summed E-state index contributed by atoms with van der Waals surface area (Å²) in [4.78, 5) is 4.33. The van der Waals surface area contributed by atoms with Crippen molar-refractivity contribution in [2.75, 3.05) is 12.0 Å². The van der Waals surface area contributed by atoms with Crippen molar-refractivity contribution in [1.82, 2.24) is 14.3 Å². The first-order chi connectivity index (χ1) is 9.61. The first kappa shape index (κ1) is 15.7. The number of nitrogens with two attached hydrogens (primary N) is 1. The van der Waals surface area contributed by atoms with Gasteiger partial charge in [-0.1, -0.05) is 0 Å². The van der Waals surface area contributed by atoms with E-state index in [2.05, 4.69) is 9.71 Å². The summed E-state index contributed by atoms with van der Waals surface area (Å²) in [7, 11) is -3.33. The summed E-state index contributed by atoms with van der Waals surface area (Å²) < 4.78 is 27.2. The highest BCUT2D eigenvalue weighted by atomic mass is 32.2. The zero-order valence-corrected chi connectivity index (χ0v) is 13.1. The van der Waals surface area contributed by atoms with Gasteiger partial charge in [-0.2, -0.15) is 0 Å². The number of fused-ring (bicyclic) bond motifs is 1. The van der Waals surface area contributed by atoms with E-state index in [0.717, 1.165) is 11.8 Å². The molecular formula is C13H20N4O3S. The first-order valence-electron chi connectivity index (χ1n) is 6.46. The first-order valence-corrected chi connectivity index (χ1v) is 8.35. The third-order valence-electron chi connectivity index (χ3n) is 3.01. The summed E-state index contributed by atoms with van der Waals surface area (Å²) in [6.07, 6.45) is 1.12. The maximum Gasteiger partial charge on any atom is 0.209 e. The Bertz CT molecular complexity index is 765. The highest BCUT2D eigenvalue weighted by Gasteiger charge is 2.25. The maximum absolute atomic E-state index is 11.4. The molecule has 0 atom stereocenters. The van der Waals surface area contributed by atoms with E-state index in [1.807, 2.05) is 6.07 Å². The van der Waals surface area contributed by atoms with Gasteiger partial charge in [0, 0.05) is 17.8 Å². The predicted molar refractivity (Wildman–Crippen MR) is 82.1 cm³/mol. The van der Waals surface area contributed by atoms with Crippen LogP contribution in [0, 0.1) is 0 Å². The van der Waals surface area contributed by atoms with Gasteiger partial charge in [-0.05, 0) is 32.0 Å². The van der Waals surface area contributed by atoms with Crippen LogP contribution in [0.1, 0.15) is 19.7 Å². The Balaban J connectivity index is 2.46. The molecule has 0 saturated heterocycles. The molecule has 0 bridgehead atoms. The molecule has 116 valence electrons. The quantitative estimate of drug-likeness (QED) is 0.694. The van der Waals surface area contributed by atoms with Crippen LogP contribution in [0.2, 0.25) is 0 Å². The van der Waals surface area contributed by atoms with Gasteiger partial charge in [0.05, 0.1) is 17.3 Å². The summed E-state index contributed by atoms with van der Waals surface area (Å²) in [5.74, 6) is 0.471. The van der Waals surface area contributed by atoms with E-state index in [9.17, 15) is 13.5 Å². The maximum atomic E-state index is 11.4. The largest absolute Gasteiger partial charge is 0.399 e. The molecule has 7 nitrogen and oxygen atoms in total. The Labute approximate surface area is 123 Å². The van der Waals surface area contributed by atoms with Crippen LogP contribution < -0.4 is 10.5 Å². The van der Waals surface area contributed by atoms with Crippen molar-refractivity contribution >= 4 is 26.7 Å². The highest BCUT2D eigenvalue weighted by Crippen LogP contribution is 2.21. The Morgan fingerprint density at radius 3 is 2.67 bits per heavy atom. The third-order valence-corrected chi connectivity index (χ3v) is 3.93. The second kappa shape index (κ2) is 5.28. The van der Waals surface area contributed by atoms with Crippen molar-refractivity contribution < 1.29 is 13.5 Å². The SMILES string of the molecule is CC(C)(Cn1c(CO)nc2cc(N)ccc21)NS(C)(=O)=O. The highest BCUT2D eigenvalue weighted by molar-refractivity contribution is 7.88. The molecule has 2 rings (SSSR count). The number of anilines is 1. The fourth-order valence-electron chi connectivity index (χ4n) is 2.42. The van der Waals surface area contributed by atoms with Crippen LogP contribution in [0.5, 0.6) is 0 Å². The summed E-state index contributed by atoms with van der Waals surface area (Å²) in [5.41, 5.74) is 7.08. The number of rotatable bonds is 5. The Kier molecular flexibility index (Phi) is 3.96. The van der Waals surface area contributed by atoms with E-state index >= 15 is 0 Å². The Hall–Kier alpha value is -1.64. The monoisotopic (exact) mass is 312 g/mol. The lowest BCUT2D eigenvalue weighted by Gasteiger charge is -2.26. The Morgan fingerprint density at radius 1 is 1.43 bits per heavy atom. The van der Waals surface area contributed by atoms with E-state index in [4.69, 9.17) is 5.73 Å². The van der Waals surface area contributed by atoms with Crippen molar-refractivity contribution in [2.45, 2.75) is 32.5 Å². The second-order valence-electron chi connectivity index (χ2n) is 5.78. The smallest absolute Gasteiger partial charge is 0.209 e. The van der Waals surface area contributed by atoms with Gasteiger partial charge in [-0.25, -0.2) is 18.1 Å². The van der Waals surface area contributed by atoms with Crippen molar-refractivity contribution in [2.24, 2.45) is 0 Å². The van der Waals surface area contributed by atoms with E-state index in [-0.39, 0.29) is 6.61 Å². The minimum Gasteiger partial charge on any atom is -0.399 e. The lowest BCUT2D eigenvalue weighted by Crippen LogP contribution is -2.46. The zero-order chi connectivity index (χ0) is 15.8. The number of nitrogen functional groups attached to an aromatic ring is 1. The average Bonchev–Trinajstić information content (AvgIpc) is 2.62. The molecule has 0 aliphatic carbocycles. The van der Waals surface area contributed by atoms with Crippen LogP contribution in [0.25, 0.3) is 11.0 Å². The fourth-order valence-corrected chi connectivity index (χ4v) is 3.49. The summed E-state index contributed by atoms with van der Waals surface area (Å²) >= 11 is 0. The fraction of sp³-hybridized carbons (Fsp3) is 0.462. The number of benzene rings is 1. The molecule has 0 fully saturated rings. The van der Waals surface area contributed by atoms with Gasteiger partial charge in [0.1, 0.15) is 12.4 Å². The number of nitrogens with zero attached hydrogens (tertiary/aromatic N) is 2. The lowest BCUT2D eigenvalue weighted by molar-refractivity contribution is 0.260. The number of hydrogen-bond donors (Lipinski definition) is 3. The van der Waals surface area contributed by atoms with Crippen molar-refractivity contribution in [1.29, 1.82) is 0 Å². The van der Waals surface area contributed by atoms with Gasteiger partial charge in [0.25, 0.3) is 0 Å². The average molecular weight is 312 g/mol. The number of aliphatic hydroxyl groups is 1. The molecule has 2 aromatic rings. The molecule has 0 unspecified atom stereocenters. The molecule has 4 N–H and O–H groups in total. The molecular weight excluding hydrogens is 292 g/mol. The topological polar surface area (TPSA) is 110 Å². The molecule has 1 aromatic heterocycles. The molecule has 0 aliphatic rings.